The maximum atomic E-state index is 11.3. The summed E-state index contributed by atoms with van der Waals surface area (Å²) in [5.41, 5.74) is 1.16. The van der Waals surface area contributed by atoms with Gasteiger partial charge in [-0.1, -0.05) is 19.1 Å². The molecule has 1 heterocycles. The van der Waals surface area contributed by atoms with Crippen LogP contribution in [-0.2, 0) is 9.84 Å². The Morgan fingerprint density at radius 1 is 1.29 bits per heavy atom. The Kier molecular flexibility index (Phi) is 3.80. The molecule has 2 atom stereocenters. The third-order valence-corrected chi connectivity index (χ3v) is 5.30. The highest BCUT2D eigenvalue weighted by Crippen LogP contribution is 2.26. The number of hydrogen-bond acceptors (Lipinski definition) is 4. The van der Waals surface area contributed by atoms with Gasteiger partial charge < -0.3 is 5.32 Å². The molecule has 2 rings (SSSR count). The smallest absolute Gasteiger partial charge is 0.175 e. The molecule has 2 unspecified atom stereocenters. The van der Waals surface area contributed by atoms with Gasteiger partial charge in [-0.2, -0.15) is 11.8 Å². The van der Waals surface area contributed by atoms with E-state index in [9.17, 15) is 8.42 Å². The van der Waals surface area contributed by atoms with Crippen LogP contribution < -0.4 is 5.32 Å². The van der Waals surface area contributed by atoms with Crippen LogP contribution in [0.1, 0.15) is 18.5 Å². The average Bonchev–Trinajstić information content (AvgIpc) is 2.29. The fraction of sp³-hybridized carbons (Fsp3) is 0.500. The predicted octanol–water partition coefficient (Wildman–Crippen LogP) is 1.86. The molecule has 3 nitrogen and oxygen atoms in total. The molecule has 1 aromatic rings. The summed E-state index contributed by atoms with van der Waals surface area (Å²) in [5, 5.41) is 4.13. The van der Waals surface area contributed by atoms with Gasteiger partial charge in [0, 0.05) is 29.8 Å². The molecule has 1 aliphatic heterocycles. The number of thioether (sulfide) groups is 1. The third kappa shape index (κ3) is 3.24. The van der Waals surface area contributed by atoms with E-state index in [1.165, 1.54) is 6.26 Å². The molecule has 0 aromatic heterocycles. The van der Waals surface area contributed by atoms with Gasteiger partial charge in [0.1, 0.15) is 0 Å². The zero-order chi connectivity index (χ0) is 12.5. The van der Waals surface area contributed by atoms with Gasteiger partial charge in [0.25, 0.3) is 0 Å². The van der Waals surface area contributed by atoms with E-state index in [1.54, 1.807) is 12.1 Å². The fourth-order valence-corrected chi connectivity index (χ4v) is 3.52. The van der Waals surface area contributed by atoms with Crippen molar-refractivity contribution in [3.8, 4) is 0 Å². The van der Waals surface area contributed by atoms with Gasteiger partial charge in [0.15, 0.2) is 9.84 Å². The Labute approximate surface area is 107 Å². The van der Waals surface area contributed by atoms with E-state index in [0.29, 0.717) is 16.2 Å². The quantitative estimate of drug-likeness (QED) is 0.892. The van der Waals surface area contributed by atoms with Crippen LogP contribution >= 0.6 is 11.8 Å². The lowest BCUT2D eigenvalue weighted by Gasteiger charge is -2.27. The Bertz CT molecular complexity index is 474. The summed E-state index contributed by atoms with van der Waals surface area (Å²) in [5.74, 6) is 1.04. The van der Waals surface area contributed by atoms with Crippen molar-refractivity contribution in [2.24, 2.45) is 0 Å². The predicted molar refractivity (Wildman–Crippen MR) is 72.2 cm³/mol. The molecular formula is C12H17NO2S2. The highest BCUT2D eigenvalue weighted by molar-refractivity contribution is 8.00. The number of benzene rings is 1. The van der Waals surface area contributed by atoms with E-state index in [4.69, 9.17) is 0 Å². The number of sulfone groups is 1. The monoisotopic (exact) mass is 271 g/mol. The van der Waals surface area contributed by atoms with Crippen molar-refractivity contribution in [2.75, 3.05) is 18.6 Å². The molecule has 5 heteroatoms. The van der Waals surface area contributed by atoms with Crippen molar-refractivity contribution in [2.45, 2.75) is 23.1 Å². The Balaban J connectivity index is 2.13. The van der Waals surface area contributed by atoms with Gasteiger partial charge >= 0.3 is 0 Å². The molecule has 0 aliphatic carbocycles. The molecule has 1 aromatic carbocycles. The van der Waals surface area contributed by atoms with Gasteiger partial charge in [-0.15, -0.1) is 0 Å². The first-order chi connectivity index (χ1) is 7.97. The molecule has 0 spiro atoms. The molecule has 0 amide bonds. The summed E-state index contributed by atoms with van der Waals surface area (Å²) in [6.45, 7) is 3.21. The van der Waals surface area contributed by atoms with Gasteiger partial charge in [-0.3, -0.25) is 0 Å². The lowest BCUT2D eigenvalue weighted by molar-refractivity contribution is 0.563. The largest absolute Gasteiger partial charge is 0.308 e. The lowest BCUT2D eigenvalue weighted by Crippen LogP contribution is -2.34. The minimum absolute atomic E-state index is 0.338. The van der Waals surface area contributed by atoms with Gasteiger partial charge in [-0.05, 0) is 17.7 Å². The molecular weight excluding hydrogens is 254 g/mol. The molecule has 1 aliphatic rings. The first-order valence-corrected chi connectivity index (χ1v) is 8.56. The first kappa shape index (κ1) is 12.9. The summed E-state index contributed by atoms with van der Waals surface area (Å²) < 4.78 is 22.7. The molecule has 94 valence electrons. The highest BCUT2D eigenvalue weighted by Gasteiger charge is 2.19. The summed E-state index contributed by atoms with van der Waals surface area (Å²) in [7, 11) is -3.08. The van der Waals surface area contributed by atoms with Crippen LogP contribution in [-0.4, -0.2) is 32.2 Å². The number of rotatable bonds is 2. The maximum absolute atomic E-state index is 11.3. The Morgan fingerprint density at radius 2 is 1.94 bits per heavy atom. The summed E-state index contributed by atoms with van der Waals surface area (Å²) in [6.07, 6.45) is 1.23. The second-order valence-electron chi connectivity index (χ2n) is 4.45. The minimum Gasteiger partial charge on any atom is -0.308 e. The molecule has 0 saturated carbocycles. The number of nitrogens with one attached hydrogen (secondary N) is 1. The van der Waals surface area contributed by atoms with Crippen LogP contribution in [0.25, 0.3) is 0 Å². The second kappa shape index (κ2) is 5.00. The Morgan fingerprint density at radius 3 is 2.41 bits per heavy atom. The van der Waals surface area contributed by atoms with E-state index in [0.717, 1.165) is 17.9 Å². The second-order valence-corrected chi connectivity index (χ2v) is 7.93. The van der Waals surface area contributed by atoms with Crippen molar-refractivity contribution >= 4 is 21.6 Å². The molecule has 0 radical (unpaired) electrons. The first-order valence-electron chi connectivity index (χ1n) is 5.62. The normalized spacial score (nSPS) is 25.8. The van der Waals surface area contributed by atoms with Crippen LogP contribution in [0.5, 0.6) is 0 Å². The summed E-state index contributed by atoms with van der Waals surface area (Å²) in [4.78, 5) is 0.387. The van der Waals surface area contributed by atoms with Crippen LogP contribution in [0.2, 0.25) is 0 Å². The van der Waals surface area contributed by atoms with E-state index in [2.05, 4.69) is 12.2 Å². The zero-order valence-corrected chi connectivity index (χ0v) is 11.6. The third-order valence-electron chi connectivity index (χ3n) is 2.91. The van der Waals surface area contributed by atoms with Crippen molar-refractivity contribution in [1.29, 1.82) is 0 Å². The number of hydrogen-bond donors (Lipinski definition) is 1. The maximum Gasteiger partial charge on any atom is 0.175 e. The summed E-state index contributed by atoms with van der Waals surface area (Å²) in [6, 6.07) is 7.53. The van der Waals surface area contributed by atoms with Gasteiger partial charge in [-0.25, -0.2) is 8.42 Å². The van der Waals surface area contributed by atoms with E-state index in [-0.39, 0.29) is 0 Å². The SMILES string of the molecule is CC1CNC(c2ccc(S(C)(=O)=O)cc2)CS1. The lowest BCUT2D eigenvalue weighted by atomic mass is 10.1. The molecule has 1 saturated heterocycles. The van der Waals surface area contributed by atoms with E-state index in [1.807, 2.05) is 23.9 Å². The zero-order valence-electron chi connectivity index (χ0n) is 10.0. The standard InChI is InChI=1S/C12H17NO2S2/c1-9-7-13-12(8-16-9)10-3-5-11(6-4-10)17(2,14)15/h3-6,9,12-13H,7-8H2,1-2H3. The fourth-order valence-electron chi connectivity index (χ4n) is 1.85. The summed E-state index contributed by atoms with van der Waals surface area (Å²) >= 11 is 1.95. The molecule has 17 heavy (non-hydrogen) atoms. The van der Waals surface area contributed by atoms with E-state index < -0.39 is 9.84 Å². The van der Waals surface area contributed by atoms with Crippen LogP contribution in [0, 0.1) is 0 Å². The van der Waals surface area contributed by atoms with Gasteiger partial charge in [0.05, 0.1) is 4.90 Å². The molecule has 0 bridgehead atoms. The van der Waals surface area contributed by atoms with Crippen LogP contribution in [0.15, 0.2) is 29.2 Å². The van der Waals surface area contributed by atoms with Crippen molar-refractivity contribution < 1.29 is 8.42 Å². The minimum atomic E-state index is -3.08. The van der Waals surface area contributed by atoms with Gasteiger partial charge in [0.2, 0.25) is 0 Å². The van der Waals surface area contributed by atoms with Crippen molar-refractivity contribution in [3.05, 3.63) is 29.8 Å². The van der Waals surface area contributed by atoms with Crippen molar-refractivity contribution in [1.82, 2.24) is 5.32 Å². The highest BCUT2D eigenvalue weighted by atomic mass is 32.2. The Hall–Kier alpha value is -0.520. The molecule has 1 N–H and O–H groups in total. The molecule has 1 fully saturated rings. The average molecular weight is 271 g/mol. The van der Waals surface area contributed by atoms with Crippen molar-refractivity contribution in [3.63, 3.8) is 0 Å². The van der Waals surface area contributed by atoms with Crippen LogP contribution in [0.4, 0.5) is 0 Å². The van der Waals surface area contributed by atoms with Crippen LogP contribution in [0.3, 0.4) is 0 Å². The topological polar surface area (TPSA) is 46.2 Å². The van der Waals surface area contributed by atoms with E-state index >= 15 is 0 Å².